The minimum atomic E-state index is 0. The molecule has 1 heterocycles. The number of hydrogen-bond acceptors (Lipinski definition) is 5. The molecule has 2 aromatic rings. The molecule has 0 amide bonds. The van der Waals surface area contributed by atoms with Gasteiger partial charge in [-0.25, -0.2) is 0 Å². The molecule has 1 fully saturated rings. The summed E-state index contributed by atoms with van der Waals surface area (Å²) in [5, 5.41) is 13.0. The van der Waals surface area contributed by atoms with Crippen LogP contribution in [-0.4, -0.2) is 49.4 Å². The first-order valence-electron chi connectivity index (χ1n) is 9.81. The number of hydrogen-bond donors (Lipinski definition) is 2. The van der Waals surface area contributed by atoms with Gasteiger partial charge in [0.2, 0.25) is 0 Å². The maximum Gasteiger partial charge on any atom is 0.161 e. The van der Waals surface area contributed by atoms with Crippen LogP contribution in [0.15, 0.2) is 48.5 Å². The zero-order valence-corrected chi connectivity index (χ0v) is 17.3. The number of aliphatic hydroxyl groups is 1. The van der Waals surface area contributed by atoms with Crippen LogP contribution in [0.2, 0.25) is 0 Å². The monoisotopic (exact) mass is 406 g/mol. The van der Waals surface area contributed by atoms with E-state index in [1.54, 1.807) is 0 Å². The molecule has 1 saturated heterocycles. The summed E-state index contributed by atoms with van der Waals surface area (Å²) in [6.07, 6.45) is 0.718. The molecule has 1 aliphatic heterocycles. The summed E-state index contributed by atoms with van der Waals surface area (Å²) in [6, 6.07) is 16.5. The molecule has 6 heteroatoms. The molecular weight excluding hydrogens is 376 g/mol. The van der Waals surface area contributed by atoms with Crippen molar-refractivity contribution in [2.24, 2.45) is 0 Å². The van der Waals surface area contributed by atoms with E-state index in [4.69, 9.17) is 9.47 Å². The molecule has 0 unspecified atom stereocenters. The Bertz CT molecular complexity index is 693. The summed E-state index contributed by atoms with van der Waals surface area (Å²) in [4.78, 5) is 2.43. The van der Waals surface area contributed by atoms with E-state index in [1.165, 1.54) is 5.56 Å². The quantitative estimate of drug-likeness (QED) is 0.668. The molecule has 0 bridgehead atoms. The zero-order valence-electron chi connectivity index (χ0n) is 16.5. The Balaban J connectivity index is 0.00000280. The fraction of sp³-hybridized carbons (Fsp3) is 0.455. The van der Waals surface area contributed by atoms with Gasteiger partial charge in [-0.15, -0.1) is 12.4 Å². The van der Waals surface area contributed by atoms with E-state index in [-0.39, 0.29) is 25.1 Å². The van der Waals surface area contributed by atoms with Gasteiger partial charge in [-0.05, 0) is 36.6 Å². The lowest BCUT2D eigenvalue weighted by Crippen LogP contribution is -2.45. The number of rotatable bonds is 9. The average molecular weight is 407 g/mol. The summed E-state index contributed by atoms with van der Waals surface area (Å²) >= 11 is 0. The SMILES string of the molecule is CCOc1cc([C@H](CCO)N2CCNCC2)ccc1OCc1ccccc1.Cl. The van der Waals surface area contributed by atoms with Gasteiger partial charge in [0.1, 0.15) is 6.61 Å². The highest BCUT2D eigenvalue weighted by Gasteiger charge is 2.23. The van der Waals surface area contributed by atoms with E-state index in [9.17, 15) is 5.11 Å². The molecule has 0 spiro atoms. The third-order valence-electron chi connectivity index (χ3n) is 4.88. The first-order chi connectivity index (χ1) is 13.3. The van der Waals surface area contributed by atoms with Crippen LogP contribution < -0.4 is 14.8 Å². The van der Waals surface area contributed by atoms with Gasteiger partial charge < -0.3 is 19.9 Å². The Kier molecular flexibility index (Phi) is 9.58. The zero-order chi connectivity index (χ0) is 18.9. The normalized spacial score (nSPS) is 15.5. The van der Waals surface area contributed by atoms with Crippen LogP contribution in [0.5, 0.6) is 11.5 Å². The predicted octanol–water partition coefficient (Wildman–Crippen LogP) is 3.41. The Labute approximate surface area is 174 Å². The lowest BCUT2D eigenvalue weighted by Gasteiger charge is -2.35. The summed E-state index contributed by atoms with van der Waals surface area (Å²) < 4.78 is 11.9. The van der Waals surface area contributed by atoms with Crippen molar-refractivity contribution in [2.75, 3.05) is 39.4 Å². The second-order valence-electron chi connectivity index (χ2n) is 6.73. The Hall–Kier alpha value is -1.79. The Morgan fingerprint density at radius 3 is 2.46 bits per heavy atom. The topological polar surface area (TPSA) is 54.0 Å². The van der Waals surface area contributed by atoms with Gasteiger partial charge in [0.15, 0.2) is 11.5 Å². The van der Waals surface area contributed by atoms with Gasteiger partial charge >= 0.3 is 0 Å². The number of piperazine rings is 1. The number of nitrogens with one attached hydrogen (secondary N) is 1. The number of ether oxygens (including phenoxy) is 2. The van der Waals surface area contributed by atoms with E-state index >= 15 is 0 Å². The lowest BCUT2D eigenvalue weighted by atomic mass is 10.0. The van der Waals surface area contributed by atoms with Gasteiger partial charge in [0.05, 0.1) is 6.61 Å². The van der Waals surface area contributed by atoms with Crippen LogP contribution >= 0.6 is 12.4 Å². The molecule has 154 valence electrons. The molecule has 1 aliphatic rings. The first kappa shape index (κ1) is 22.5. The van der Waals surface area contributed by atoms with Crippen LogP contribution in [-0.2, 0) is 6.61 Å². The average Bonchev–Trinajstić information content (AvgIpc) is 2.73. The number of nitrogens with zero attached hydrogens (tertiary/aromatic N) is 1. The Morgan fingerprint density at radius 1 is 1.04 bits per heavy atom. The fourth-order valence-electron chi connectivity index (χ4n) is 3.53. The van der Waals surface area contributed by atoms with Crippen molar-refractivity contribution in [2.45, 2.75) is 26.0 Å². The minimum Gasteiger partial charge on any atom is -0.490 e. The van der Waals surface area contributed by atoms with Crippen LogP contribution in [0.3, 0.4) is 0 Å². The fourth-order valence-corrected chi connectivity index (χ4v) is 3.53. The molecule has 0 aromatic heterocycles. The molecule has 5 nitrogen and oxygen atoms in total. The summed E-state index contributed by atoms with van der Waals surface area (Å²) in [5.41, 5.74) is 2.30. The second kappa shape index (κ2) is 11.9. The third-order valence-corrected chi connectivity index (χ3v) is 4.88. The number of benzene rings is 2. The van der Waals surface area contributed by atoms with Crippen molar-refractivity contribution in [1.82, 2.24) is 10.2 Å². The highest BCUT2D eigenvalue weighted by atomic mass is 35.5. The van der Waals surface area contributed by atoms with Crippen molar-refractivity contribution >= 4 is 12.4 Å². The second-order valence-corrected chi connectivity index (χ2v) is 6.73. The smallest absolute Gasteiger partial charge is 0.161 e. The maximum atomic E-state index is 9.57. The summed E-state index contributed by atoms with van der Waals surface area (Å²) in [6.45, 7) is 7.19. The van der Waals surface area contributed by atoms with Gasteiger partial charge in [-0.1, -0.05) is 36.4 Å². The molecule has 28 heavy (non-hydrogen) atoms. The van der Waals surface area contributed by atoms with Crippen molar-refractivity contribution in [1.29, 1.82) is 0 Å². The van der Waals surface area contributed by atoms with Crippen molar-refractivity contribution < 1.29 is 14.6 Å². The minimum absolute atomic E-state index is 0. The van der Waals surface area contributed by atoms with Crippen molar-refractivity contribution in [3.8, 4) is 11.5 Å². The Morgan fingerprint density at radius 2 is 1.79 bits per heavy atom. The van der Waals surface area contributed by atoms with Crippen molar-refractivity contribution in [3.05, 3.63) is 59.7 Å². The summed E-state index contributed by atoms with van der Waals surface area (Å²) in [7, 11) is 0. The van der Waals surface area contributed by atoms with Crippen LogP contribution in [0.1, 0.15) is 30.5 Å². The number of halogens is 1. The van der Waals surface area contributed by atoms with Gasteiger partial charge in [-0.2, -0.15) is 0 Å². The molecule has 0 aliphatic carbocycles. The highest BCUT2D eigenvalue weighted by Crippen LogP contribution is 2.34. The van der Waals surface area contributed by atoms with E-state index < -0.39 is 0 Å². The predicted molar refractivity (Wildman–Crippen MR) is 115 cm³/mol. The van der Waals surface area contributed by atoms with E-state index in [1.807, 2.05) is 31.2 Å². The maximum absolute atomic E-state index is 9.57. The van der Waals surface area contributed by atoms with Gasteiger partial charge in [0.25, 0.3) is 0 Å². The molecular formula is C22H31ClN2O3. The standard InChI is InChI=1S/C22H30N2O3.ClH/c1-2-26-22-16-19(20(10-15-25)24-13-11-23-12-14-24)8-9-21(22)27-17-18-6-4-3-5-7-18;/h3-9,16,20,23,25H,2,10-15,17H2,1H3;1H/t20-;/m0./s1. The van der Waals surface area contributed by atoms with E-state index in [2.05, 4.69) is 34.5 Å². The highest BCUT2D eigenvalue weighted by molar-refractivity contribution is 5.85. The molecule has 2 aromatic carbocycles. The molecule has 1 atom stereocenters. The third kappa shape index (κ3) is 6.11. The molecule has 0 radical (unpaired) electrons. The van der Waals surface area contributed by atoms with E-state index in [0.717, 1.165) is 49.7 Å². The van der Waals surface area contributed by atoms with Gasteiger partial charge in [-0.3, -0.25) is 4.90 Å². The molecule has 3 rings (SSSR count). The van der Waals surface area contributed by atoms with Crippen molar-refractivity contribution in [3.63, 3.8) is 0 Å². The lowest BCUT2D eigenvalue weighted by molar-refractivity contribution is 0.140. The van der Waals surface area contributed by atoms with Crippen LogP contribution in [0.4, 0.5) is 0 Å². The number of aliphatic hydroxyl groups excluding tert-OH is 1. The van der Waals surface area contributed by atoms with Crippen LogP contribution in [0, 0.1) is 0 Å². The van der Waals surface area contributed by atoms with E-state index in [0.29, 0.717) is 13.2 Å². The van der Waals surface area contributed by atoms with Gasteiger partial charge in [0, 0.05) is 38.8 Å². The summed E-state index contributed by atoms with van der Waals surface area (Å²) in [5.74, 6) is 1.52. The molecule has 0 saturated carbocycles. The molecule has 2 N–H and O–H groups in total. The largest absolute Gasteiger partial charge is 0.490 e. The first-order valence-corrected chi connectivity index (χ1v) is 9.81. The van der Waals surface area contributed by atoms with Crippen LogP contribution in [0.25, 0.3) is 0 Å².